The Kier molecular flexibility index (Phi) is 3.74. The normalized spacial score (nSPS) is 24.5. The van der Waals surface area contributed by atoms with Crippen LogP contribution >= 0.6 is 23.2 Å². The molecule has 1 atom stereocenters. The van der Waals surface area contributed by atoms with E-state index in [0.717, 1.165) is 25.7 Å². The van der Waals surface area contributed by atoms with Crippen molar-refractivity contribution in [1.29, 1.82) is 0 Å². The maximum atomic E-state index is 6.33. The second-order valence-corrected chi connectivity index (χ2v) is 7.52. The molecule has 1 saturated heterocycles. The Labute approximate surface area is 143 Å². The zero-order chi connectivity index (χ0) is 16.0. The van der Waals surface area contributed by atoms with Crippen molar-refractivity contribution < 1.29 is 9.47 Å². The molecule has 2 fully saturated rings. The van der Waals surface area contributed by atoms with E-state index in [0.29, 0.717) is 24.2 Å². The molecule has 0 bridgehead atoms. The second kappa shape index (κ2) is 5.65. The lowest BCUT2D eigenvalue weighted by molar-refractivity contribution is 0.0554. The number of alkyl halides is 2. The number of hydrogen-bond donors (Lipinski definition) is 1. The highest BCUT2D eigenvalue weighted by Gasteiger charge is 2.43. The van der Waals surface area contributed by atoms with Gasteiger partial charge in [-0.25, -0.2) is 4.98 Å². The molecule has 2 aromatic rings. The number of nitrogens with two attached hydrogens (primary N) is 1. The molecule has 1 aliphatic carbocycles. The van der Waals surface area contributed by atoms with Crippen LogP contribution in [0.2, 0.25) is 0 Å². The zero-order valence-corrected chi connectivity index (χ0v) is 13.9. The van der Waals surface area contributed by atoms with Crippen molar-refractivity contribution in [2.24, 2.45) is 0 Å². The largest absolute Gasteiger partial charge is 0.460 e. The molecule has 0 amide bonds. The smallest absolute Gasteiger partial charge is 0.320 e. The summed E-state index contributed by atoms with van der Waals surface area (Å²) >= 11 is 12.7. The first kappa shape index (κ1) is 15.2. The molecule has 1 unspecified atom stereocenters. The summed E-state index contributed by atoms with van der Waals surface area (Å²) in [6.45, 7) is 0.476. The minimum absolute atomic E-state index is 0.145. The van der Waals surface area contributed by atoms with Crippen LogP contribution in [0.15, 0.2) is 6.33 Å². The third kappa shape index (κ3) is 2.70. The molecule has 23 heavy (non-hydrogen) atoms. The molecule has 1 saturated carbocycles. The molecule has 4 rings (SSSR count). The van der Waals surface area contributed by atoms with Crippen molar-refractivity contribution in [3.05, 3.63) is 6.33 Å². The van der Waals surface area contributed by atoms with Gasteiger partial charge >= 0.3 is 6.01 Å². The lowest BCUT2D eigenvalue weighted by Crippen LogP contribution is -2.24. The molecule has 1 aliphatic heterocycles. The number of halogens is 2. The SMILES string of the molecule is Nc1nc(OC2CCCC2)nc2c1ncn2C1OCCC1(Cl)Cl. The van der Waals surface area contributed by atoms with Gasteiger partial charge in [0, 0.05) is 6.42 Å². The van der Waals surface area contributed by atoms with E-state index in [4.69, 9.17) is 38.4 Å². The van der Waals surface area contributed by atoms with Gasteiger partial charge < -0.3 is 15.2 Å². The van der Waals surface area contributed by atoms with Gasteiger partial charge in [-0.2, -0.15) is 9.97 Å². The Bertz CT molecular complexity index is 729. The summed E-state index contributed by atoms with van der Waals surface area (Å²) in [6, 6.07) is 0.261. The third-order valence-electron chi connectivity index (χ3n) is 4.33. The minimum atomic E-state index is -1.03. The summed E-state index contributed by atoms with van der Waals surface area (Å²) in [4.78, 5) is 12.9. The highest BCUT2D eigenvalue weighted by atomic mass is 35.5. The van der Waals surface area contributed by atoms with Crippen molar-refractivity contribution in [2.75, 3.05) is 12.3 Å². The van der Waals surface area contributed by atoms with Gasteiger partial charge in [-0.3, -0.25) is 4.57 Å². The number of imidazole rings is 1. The monoisotopic (exact) mass is 357 g/mol. The molecule has 7 nitrogen and oxygen atoms in total. The maximum absolute atomic E-state index is 6.33. The summed E-state index contributed by atoms with van der Waals surface area (Å²) in [6.07, 6.45) is 6.04. The Hall–Kier alpha value is -1.31. The van der Waals surface area contributed by atoms with Gasteiger partial charge in [-0.1, -0.05) is 23.2 Å². The molecule has 2 aliphatic rings. The molecular formula is C14H17Cl2N5O2. The fraction of sp³-hybridized carbons (Fsp3) is 0.643. The van der Waals surface area contributed by atoms with Crippen LogP contribution in [-0.4, -0.2) is 36.6 Å². The summed E-state index contributed by atoms with van der Waals surface area (Å²) in [7, 11) is 0. The Morgan fingerprint density at radius 3 is 2.78 bits per heavy atom. The van der Waals surface area contributed by atoms with Crippen molar-refractivity contribution in [3.8, 4) is 6.01 Å². The van der Waals surface area contributed by atoms with E-state index < -0.39 is 10.6 Å². The van der Waals surface area contributed by atoms with Crippen LogP contribution in [0.3, 0.4) is 0 Å². The molecular weight excluding hydrogens is 341 g/mol. The zero-order valence-electron chi connectivity index (χ0n) is 12.4. The van der Waals surface area contributed by atoms with Crippen molar-refractivity contribution in [2.45, 2.75) is 48.8 Å². The molecule has 2 aromatic heterocycles. The predicted molar refractivity (Wildman–Crippen MR) is 86.7 cm³/mol. The number of rotatable bonds is 3. The van der Waals surface area contributed by atoms with Crippen LogP contribution in [0.4, 0.5) is 5.82 Å². The highest BCUT2D eigenvalue weighted by molar-refractivity contribution is 6.48. The molecule has 0 radical (unpaired) electrons. The number of aromatic nitrogens is 4. The first-order valence-corrected chi connectivity index (χ1v) is 8.46. The Morgan fingerprint density at radius 2 is 2.09 bits per heavy atom. The Morgan fingerprint density at radius 1 is 1.30 bits per heavy atom. The molecule has 0 spiro atoms. The first-order valence-electron chi connectivity index (χ1n) is 7.71. The number of anilines is 1. The highest BCUT2D eigenvalue weighted by Crippen LogP contribution is 2.44. The average molecular weight is 358 g/mol. The lowest BCUT2D eigenvalue weighted by Gasteiger charge is -2.22. The van der Waals surface area contributed by atoms with Gasteiger partial charge in [-0.05, 0) is 25.7 Å². The molecule has 3 heterocycles. The number of nitrogen functional groups attached to an aromatic ring is 1. The van der Waals surface area contributed by atoms with Crippen LogP contribution < -0.4 is 10.5 Å². The first-order chi connectivity index (χ1) is 11.0. The molecule has 2 N–H and O–H groups in total. The average Bonchev–Trinajstić information content (AvgIpc) is 3.19. The quantitative estimate of drug-likeness (QED) is 0.849. The fourth-order valence-corrected chi connectivity index (χ4v) is 3.62. The van der Waals surface area contributed by atoms with Gasteiger partial charge in [0.2, 0.25) is 0 Å². The van der Waals surface area contributed by atoms with Crippen LogP contribution in [0.25, 0.3) is 11.2 Å². The predicted octanol–water partition coefficient (Wildman–Crippen LogP) is 2.82. The minimum Gasteiger partial charge on any atom is -0.460 e. The fourth-order valence-electron chi connectivity index (χ4n) is 3.13. The van der Waals surface area contributed by atoms with Crippen molar-refractivity contribution in [1.82, 2.24) is 19.5 Å². The van der Waals surface area contributed by atoms with Gasteiger partial charge in [0.05, 0.1) is 12.9 Å². The molecule has 9 heteroatoms. The number of nitrogens with zero attached hydrogens (tertiary/aromatic N) is 4. The molecule has 0 aromatic carbocycles. The number of fused-ring (bicyclic) bond motifs is 1. The van der Waals surface area contributed by atoms with Crippen LogP contribution in [0, 0.1) is 0 Å². The number of ether oxygens (including phenoxy) is 2. The summed E-state index contributed by atoms with van der Waals surface area (Å²) in [5.74, 6) is 0.273. The summed E-state index contributed by atoms with van der Waals surface area (Å²) in [5.41, 5.74) is 7.00. The van der Waals surface area contributed by atoms with E-state index in [1.165, 1.54) is 0 Å². The van der Waals surface area contributed by atoms with Gasteiger partial charge in [0.1, 0.15) is 6.10 Å². The van der Waals surface area contributed by atoms with E-state index in [-0.39, 0.29) is 17.9 Å². The van der Waals surface area contributed by atoms with E-state index in [2.05, 4.69) is 15.0 Å². The van der Waals surface area contributed by atoms with E-state index in [1.54, 1.807) is 10.9 Å². The standard InChI is InChI=1S/C14H17Cl2N5O2/c15-14(16)5-6-22-12(14)21-7-18-9-10(17)19-13(20-11(9)21)23-8-3-1-2-4-8/h7-8,12H,1-6H2,(H2,17,19,20). The van der Waals surface area contributed by atoms with Gasteiger partial charge in [0.15, 0.2) is 27.5 Å². The maximum Gasteiger partial charge on any atom is 0.320 e. The summed E-state index contributed by atoms with van der Waals surface area (Å²) < 4.78 is 12.2. The van der Waals surface area contributed by atoms with Gasteiger partial charge in [0.25, 0.3) is 0 Å². The summed E-state index contributed by atoms with van der Waals surface area (Å²) in [5, 5.41) is 0. The third-order valence-corrected chi connectivity index (χ3v) is 5.08. The van der Waals surface area contributed by atoms with Crippen LogP contribution in [-0.2, 0) is 4.74 Å². The second-order valence-electron chi connectivity index (χ2n) is 5.97. The Balaban J connectivity index is 1.73. The van der Waals surface area contributed by atoms with Crippen LogP contribution in [0.5, 0.6) is 6.01 Å². The lowest BCUT2D eigenvalue weighted by atomic mass is 10.3. The molecule has 124 valence electrons. The number of hydrogen-bond acceptors (Lipinski definition) is 6. The van der Waals surface area contributed by atoms with Crippen LogP contribution in [0.1, 0.15) is 38.3 Å². The van der Waals surface area contributed by atoms with Gasteiger partial charge in [-0.15, -0.1) is 0 Å². The van der Waals surface area contributed by atoms with Crippen molar-refractivity contribution in [3.63, 3.8) is 0 Å². The van der Waals surface area contributed by atoms with E-state index in [1.807, 2.05) is 0 Å². The van der Waals surface area contributed by atoms with E-state index >= 15 is 0 Å². The topological polar surface area (TPSA) is 88.1 Å². The van der Waals surface area contributed by atoms with E-state index in [9.17, 15) is 0 Å². The van der Waals surface area contributed by atoms with Crippen molar-refractivity contribution >= 4 is 40.2 Å².